The first-order valence-corrected chi connectivity index (χ1v) is 13.2. The molecule has 7 nitrogen and oxygen atoms in total. The number of fused-ring (bicyclic) bond motifs is 3. The highest BCUT2D eigenvalue weighted by Gasteiger charge is 2.25. The van der Waals surface area contributed by atoms with Crippen LogP contribution in [0, 0.1) is 0 Å². The van der Waals surface area contributed by atoms with E-state index < -0.39 is 0 Å². The van der Waals surface area contributed by atoms with Crippen LogP contribution in [-0.4, -0.2) is 32.5 Å². The van der Waals surface area contributed by atoms with Gasteiger partial charge in [-0.15, -0.1) is 21.5 Å². The van der Waals surface area contributed by atoms with Gasteiger partial charge in [-0.05, 0) is 56.2 Å². The van der Waals surface area contributed by atoms with Crippen LogP contribution in [-0.2, 0) is 29.9 Å². The van der Waals surface area contributed by atoms with Gasteiger partial charge in [-0.25, -0.2) is 4.98 Å². The smallest absolute Gasteiger partial charge is 0.263 e. The molecule has 0 N–H and O–H groups in total. The Morgan fingerprint density at radius 2 is 2.00 bits per heavy atom. The topological polar surface area (TPSA) is 83.0 Å². The molecule has 0 radical (unpaired) electrons. The second kappa shape index (κ2) is 9.04. The van der Waals surface area contributed by atoms with Crippen molar-refractivity contribution < 1.29 is 9.15 Å². The SMILES string of the molecule is O=c1c2c3c(sc2nc(SCc2nnc(-c4ccccc4)o2)n1CC1CCCO1)CCCC3. The van der Waals surface area contributed by atoms with E-state index in [-0.39, 0.29) is 11.7 Å². The van der Waals surface area contributed by atoms with Crippen LogP contribution >= 0.6 is 23.1 Å². The summed E-state index contributed by atoms with van der Waals surface area (Å²) in [6.07, 6.45) is 6.42. The number of benzene rings is 1. The highest BCUT2D eigenvalue weighted by atomic mass is 32.2. The Kier molecular flexibility index (Phi) is 5.77. The number of thiophene rings is 1. The van der Waals surface area contributed by atoms with Crippen molar-refractivity contribution >= 4 is 33.3 Å². The zero-order chi connectivity index (χ0) is 22.2. The van der Waals surface area contributed by atoms with Crippen LogP contribution in [0.3, 0.4) is 0 Å². The average Bonchev–Trinajstić information content (AvgIpc) is 3.60. The van der Waals surface area contributed by atoms with Crippen LogP contribution in [0.2, 0.25) is 0 Å². The van der Waals surface area contributed by atoms with Gasteiger partial charge in [0.1, 0.15) is 4.83 Å². The molecule has 6 rings (SSSR count). The summed E-state index contributed by atoms with van der Waals surface area (Å²) in [4.78, 5) is 20.8. The Morgan fingerprint density at radius 1 is 1.12 bits per heavy atom. The first-order valence-electron chi connectivity index (χ1n) is 11.4. The number of aryl methyl sites for hydroxylation is 2. The minimum Gasteiger partial charge on any atom is -0.420 e. The van der Waals surface area contributed by atoms with Crippen molar-refractivity contribution in [3.8, 4) is 11.5 Å². The molecular formula is C24H24N4O3S2. The quantitative estimate of drug-likeness (QED) is 0.288. The van der Waals surface area contributed by atoms with Gasteiger partial charge in [0.25, 0.3) is 5.56 Å². The Labute approximate surface area is 199 Å². The highest BCUT2D eigenvalue weighted by Crippen LogP contribution is 2.35. The van der Waals surface area contributed by atoms with Gasteiger partial charge in [-0.2, -0.15) is 0 Å². The van der Waals surface area contributed by atoms with Crippen molar-refractivity contribution in [3.05, 3.63) is 57.0 Å². The standard InChI is InChI=1S/C24H24N4O3S2/c29-23-20-17-10-4-5-11-18(17)33-22(20)25-24(28(23)13-16-9-6-12-30-16)32-14-19-26-27-21(31-19)15-7-2-1-3-8-15/h1-3,7-8,16H,4-6,9-14H2. The maximum Gasteiger partial charge on any atom is 0.263 e. The molecule has 1 fully saturated rings. The monoisotopic (exact) mass is 480 g/mol. The normalized spacial score (nSPS) is 18.1. The van der Waals surface area contributed by atoms with Crippen molar-refractivity contribution in [3.63, 3.8) is 0 Å². The highest BCUT2D eigenvalue weighted by molar-refractivity contribution is 7.98. The van der Waals surface area contributed by atoms with Crippen molar-refractivity contribution in [2.45, 2.75) is 62.1 Å². The van der Waals surface area contributed by atoms with Gasteiger partial charge in [0.05, 0.1) is 23.8 Å². The summed E-state index contributed by atoms with van der Waals surface area (Å²) in [6, 6.07) is 9.72. The fourth-order valence-corrected chi connectivity index (χ4v) is 6.77. The maximum absolute atomic E-state index is 13.7. The van der Waals surface area contributed by atoms with E-state index in [0.29, 0.717) is 29.2 Å². The number of nitrogens with zero attached hydrogens (tertiary/aromatic N) is 4. The molecule has 4 aromatic rings. The Hall–Kier alpha value is -2.49. The van der Waals surface area contributed by atoms with Crippen molar-refractivity contribution in [1.29, 1.82) is 0 Å². The lowest BCUT2D eigenvalue weighted by atomic mass is 9.97. The number of thioether (sulfide) groups is 1. The molecule has 9 heteroatoms. The molecule has 1 aliphatic heterocycles. The van der Waals surface area contributed by atoms with E-state index in [1.54, 1.807) is 11.3 Å². The maximum atomic E-state index is 13.7. The molecule has 1 atom stereocenters. The van der Waals surface area contributed by atoms with Crippen LogP contribution in [0.25, 0.3) is 21.7 Å². The van der Waals surface area contributed by atoms with Gasteiger partial charge < -0.3 is 9.15 Å². The van der Waals surface area contributed by atoms with Gasteiger partial charge in [0, 0.05) is 17.0 Å². The van der Waals surface area contributed by atoms with Crippen LogP contribution in [0.15, 0.2) is 44.7 Å². The fourth-order valence-electron chi connectivity index (χ4n) is 4.62. The van der Waals surface area contributed by atoms with Crippen molar-refractivity contribution in [2.24, 2.45) is 0 Å². The van der Waals surface area contributed by atoms with E-state index in [2.05, 4.69) is 10.2 Å². The van der Waals surface area contributed by atoms with Gasteiger partial charge in [0.15, 0.2) is 5.16 Å². The summed E-state index contributed by atoms with van der Waals surface area (Å²) in [5.41, 5.74) is 2.17. The molecule has 0 amide bonds. The van der Waals surface area contributed by atoms with Gasteiger partial charge in [-0.3, -0.25) is 9.36 Å². The summed E-state index contributed by atoms with van der Waals surface area (Å²) >= 11 is 3.16. The number of hydrogen-bond donors (Lipinski definition) is 0. The Morgan fingerprint density at radius 3 is 2.85 bits per heavy atom. The minimum absolute atomic E-state index is 0.0591. The molecule has 1 unspecified atom stereocenters. The van der Waals surface area contributed by atoms with Crippen LogP contribution in [0.1, 0.15) is 42.0 Å². The number of rotatable bonds is 6. The van der Waals surface area contributed by atoms with E-state index >= 15 is 0 Å². The van der Waals surface area contributed by atoms with Crippen LogP contribution in [0.5, 0.6) is 0 Å². The van der Waals surface area contributed by atoms with E-state index in [9.17, 15) is 4.79 Å². The predicted octanol–water partition coefficient (Wildman–Crippen LogP) is 4.86. The summed E-state index contributed by atoms with van der Waals surface area (Å²) in [7, 11) is 0. The van der Waals surface area contributed by atoms with E-state index in [4.69, 9.17) is 14.1 Å². The molecule has 170 valence electrons. The summed E-state index contributed by atoms with van der Waals surface area (Å²) in [5, 5.41) is 9.90. The van der Waals surface area contributed by atoms with Crippen molar-refractivity contribution in [1.82, 2.24) is 19.7 Å². The first-order chi connectivity index (χ1) is 16.3. The molecule has 0 spiro atoms. The van der Waals surface area contributed by atoms with E-state index in [1.807, 2.05) is 34.9 Å². The van der Waals surface area contributed by atoms with Crippen molar-refractivity contribution in [2.75, 3.05) is 6.61 Å². The van der Waals surface area contributed by atoms with Crippen LogP contribution in [0.4, 0.5) is 0 Å². The molecule has 1 saturated heterocycles. The molecule has 33 heavy (non-hydrogen) atoms. The van der Waals surface area contributed by atoms with Gasteiger partial charge >= 0.3 is 0 Å². The third-order valence-electron chi connectivity index (χ3n) is 6.26. The van der Waals surface area contributed by atoms with E-state index in [1.165, 1.54) is 28.6 Å². The van der Waals surface area contributed by atoms with Gasteiger partial charge in [-0.1, -0.05) is 30.0 Å². The van der Waals surface area contributed by atoms with E-state index in [0.717, 1.165) is 54.5 Å². The number of aromatic nitrogens is 4. The lowest BCUT2D eigenvalue weighted by Gasteiger charge is -2.16. The molecule has 0 bridgehead atoms. The fraction of sp³-hybridized carbons (Fsp3) is 0.417. The first kappa shape index (κ1) is 21.1. The minimum atomic E-state index is 0.0591. The van der Waals surface area contributed by atoms with Crippen LogP contribution < -0.4 is 5.56 Å². The predicted molar refractivity (Wildman–Crippen MR) is 129 cm³/mol. The zero-order valence-corrected chi connectivity index (χ0v) is 19.8. The lowest BCUT2D eigenvalue weighted by Crippen LogP contribution is -2.29. The second-order valence-electron chi connectivity index (χ2n) is 8.49. The third kappa shape index (κ3) is 4.13. The Balaban J connectivity index is 1.33. The molecule has 4 heterocycles. The molecule has 1 aromatic carbocycles. The summed E-state index contributed by atoms with van der Waals surface area (Å²) in [5.74, 6) is 1.47. The molecule has 0 saturated carbocycles. The second-order valence-corrected chi connectivity index (χ2v) is 10.5. The molecule has 2 aliphatic rings. The lowest BCUT2D eigenvalue weighted by molar-refractivity contribution is 0.0937. The van der Waals surface area contributed by atoms with Gasteiger partial charge in [0.2, 0.25) is 11.8 Å². The largest absolute Gasteiger partial charge is 0.420 e. The third-order valence-corrected chi connectivity index (χ3v) is 8.41. The molecular weight excluding hydrogens is 456 g/mol. The summed E-state index contributed by atoms with van der Waals surface area (Å²) < 4.78 is 13.5. The molecule has 3 aromatic heterocycles. The zero-order valence-electron chi connectivity index (χ0n) is 18.2. The Bertz CT molecular complexity index is 1340. The molecule has 1 aliphatic carbocycles. The number of hydrogen-bond acceptors (Lipinski definition) is 8. The average molecular weight is 481 g/mol. The number of ether oxygens (including phenoxy) is 1. The summed E-state index contributed by atoms with van der Waals surface area (Å²) in [6.45, 7) is 1.30.